The van der Waals surface area contributed by atoms with Gasteiger partial charge in [-0.15, -0.1) is 0 Å². The average Bonchev–Trinajstić information content (AvgIpc) is 1.95. The van der Waals surface area contributed by atoms with Crippen LogP contribution in [0, 0.1) is 0 Å². The molecule has 0 rings (SSSR count). The van der Waals surface area contributed by atoms with E-state index in [9.17, 15) is 4.79 Å². The molecule has 0 saturated heterocycles. The fourth-order valence-electron chi connectivity index (χ4n) is 1.18. The molecule has 5 nitrogen and oxygen atoms in total. The molecule has 0 aliphatic heterocycles. The molecule has 17 heavy (non-hydrogen) atoms. The van der Waals surface area contributed by atoms with E-state index in [1.54, 1.807) is 0 Å². The number of carbonyl (C=O) groups is 1. The van der Waals surface area contributed by atoms with Gasteiger partial charge in [-0.25, -0.2) is 0 Å². The van der Waals surface area contributed by atoms with Gasteiger partial charge in [0.15, 0.2) is 5.96 Å². The number of amides is 1. The maximum Gasteiger partial charge on any atom is 0.222 e. The second-order valence-corrected chi connectivity index (χ2v) is 6.19. The Kier molecular flexibility index (Phi) is 5.45. The van der Waals surface area contributed by atoms with Crippen LogP contribution in [-0.4, -0.2) is 29.5 Å². The van der Waals surface area contributed by atoms with Crippen LogP contribution in [0.4, 0.5) is 0 Å². The Morgan fingerprint density at radius 1 is 1.06 bits per heavy atom. The number of aliphatic imine (C=N–C) groups is 1. The minimum atomic E-state index is -0.198. The first-order valence-electron chi connectivity index (χ1n) is 5.89. The highest BCUT2D eigenvalue weighted by molar-refractivity contribution is 5.80. The molecular formula is C12H26N4O. The molecule has 0 radical (unpaired) electrons. The van der Waals surface area contributed by atoms with Gasteiger partial charge in [0, 0.05) is 17.5 Å². The lowest BCUT2D eigenvalue weighted by molar-refractivity contribution is -0.122. The summed E-state index contributed by atoms with van der Waals surface area (Å²) in [5, 5.41) is 5.91. The summed E-state index contributed by atoms with van der Waals surface area (Å²) >= 11 is 0. The Balaban J connectivity index is 3.98. The number of carbonyl (C=O) groups excluding carboxylic acids is 1. The molecule has 4 N–H and O–H groups in total. The topological polar surface area (TPSA) is 79.5 Å². The van der Waals surface area contributed by atoms with Crippen LogP contribution in [0.5, 0.6) is 0 Å². The van der Waals surface area contributed by atoms with E-state index in [1.165, 1.54) is 0 Å². The first-order valence-corrected chi connectivity index (χ1v) is 5.89. The Bertz CT molecular complexity index is 284. The van der Waals surface area contributed by atoms with E-state index in [-0.39, 0.29) is 17.0 Å². The third-order valence-corrected chi connectivity index (χ3v) is 1.64. The number of nitrogens with zero attached hydrogens (tertiary/aromatic N) is 1. The highest BCUT2D eigenvalue weighted by Gasteiger charge is 2.13. The second-order valence-electron chi connectivity index (χ2n) is 6.19. The molecule has 0 unspecified atom stereocenters. The van der Waals surface area contributed by atoms with E-state index >= 15 is 0 Å². The van der Waals surface area contributed by atoms with Crippen molar-refractivity contribution in [2.75, 3.05) is 6.54 Å². The maximum atomic E-state index is 11.5. The van der Waals surface area contributed by atoms with Gasteiger partial charge in [-0.1, -0.05) is 0 Å². The van der Waals surface area contributed by atoms with Gasteiger partial charge in [0.05, 0.1) is 6.54 Å². The zero-order valence-electron chi connectivity index (χ0n) is 11.8. The lowest BCUT2D eigenvalue weighted by Crippen LogP contribution is -2.45. The monoisotopic (exact) mass is 242 g/mol. The highest BCUT2D eigenvalue weighted by atomic mass is 16.1. The van der Waals surface area contributed by atoms with Crippen molar-refractivity contribution in [2.24, 2.45) is 10.7 Å². The largest absolute Gasteiger partial charge is 0.370 e. The summed E-state index contributed by atoms with van der Waals surface area (Å²) in [7, 11) is 0. The van der Waals surface area contributed by atoms with Crippen LogP contribution in [0.15, 0.2) is 4.99 Å². The van der Waals surface area contributed by atoms with Crippen LogP contribution in [0.1, 0.15) is 48.0 Å². The molecule has 0 aromatic rings. The van der Waals surface area contributed by atoms with Crippen LogP contribution < -0.4 is 16.4 Å². The normalized spacial score (nSPS) is 13.4. The van der Waals surface area contributed by atoms with E-state index in [0.29, 0.717) is 18.9 Å². The van der Waals surface area contributed by atoms with Gasteiger partial charge < -0.3 is 16.4 Å². The fraction of sp³-hybridized carbons (Fsp3) is 0.833. The van der Waals surface area contributed by atoms with Crippen LogP contribution in [0.3, 0.4) is 0 Å². The maximum absolute atomic E-state index is 11.5. The molecule has 100 valence electrons. The van der Waals surface area contributed by atoms with Crippen molar-refractivity contribution in [3.8, 4) is 0 Å². The van der Waals surface area contributed by atoms with Crippen LogP contribution in [0.25, 0.3) is 0 Å². The predicted octanol–water partition coefficient (Wildman–Crippen LogP) is 0.994. The molecule has 5 heteroatoms. The van der Waals surface area contributed by atoms with Gasteiger partial charge in [0.2, 0.25) is 5.91 Å². The lowest BCUT2D eigenvalue weighted by Gasteiger charge is -2.21. The quantitative estimate of drug-likeness (QED) is 0.510. The number of nitrogens with two attached hydrogens (primary N) is 1. The third-order valence-electron chi connectivity index (χ3n) is 1.64. The van der Waals surface area contributed by atoms with Crippen molar-refractivity contribution in [3.05, 3.63) is 0 Å². The van der Waals surface area contributed by atoms with E-state index in [2.05, 4.69) is 15.6 Å². The molecule has 0 bridgehead atoms. The summed E-state index contributed by atoms with van der Waals surface area (Å²) in [6, 6.07) is 0. The molecule has 0 aliphatic rings. The van der Waals surface area contributed by atoms with Gasteiger partial charge in [-0.3, -0.25) is 9.79 Å². The summed E-state index contributed by atoms with van der Waals surface area (Å²) in [5.74, 6) is 0.367. The Morgan fingerprint density at radius 2 is 1.53 bits per heavy atom. The van der Waals surface area contributed by atoms with Crippen molar-refractivity contribution < 1.29 is 4.79 Å². The second kappa shape index (κ2) is 5.89. The van der Waals surface area contributed by atoms with Crippen LogP contribution in [0.2, 0.25) is 0 Å². The summed E-state index contributed by atoms with van der Waals surface area (Å²) in [6.07, 6.45) is 0.351. The minimum Gasteiger partial charge on any atom is -0.370 e. The number of nitrogens with one attached hydrogen (secondary N) is 2. The zero-order valence-corrected chi connectivity index (χ0v) is 11.8. The molecule has 0 aromatic heterocycles. The summed E-state index contributed by atoms with van der Waals surface area (Å²) in [6.45, 7) is 12.2. The molecule has 1 amide bonds. The van der Waals surface area contributed by atoms with Crippen molar-refractivity contribution >= 4 is 11.9 Å². The first-order chi connectivity index (χ1) is 7.49. The SMILES string of the molecule is CC(C)(C)NC(=O)CCN=C(N)NC(C)(C)C. The van der Waals surface area contributed by atoms with E-state index < -0.39 is 0 Å². The Morgan fingerprint density at radius 3 is 1.94 bits per heavy atom. The number of guanidine groups is 1. The van der Waals surface area contributed by atoms with Gasteiger partial charge in [0.1, 0.15) is 0 Å². The number of hydrogen-bond donors (Lipinski definition) is 3. The molecule has 0 aliphatic carbocycles. The van der Waals surface area contributed by atoms with Crippen molar-refractivity contribution in [3.63, 3.8) is 0 Å². The van der Waals surface area contributed by atoms with E-state index in [0.717, 1.165) is 0 Å². The van der Waals surface area contributed by atoms with E-state index in [1.807, 2.05) is 41.5 Å². The third kappa shape index (κ3) is 11.0. The van der Waals surface area contributed by atoms with Crippen molar-refractivity contribution in [2.45, 2.75) is 59.0 Å². The van der Waals surface area contributed by atoms with Gasteiger partial charge in [0.25, 0.3) is 0 Å². The smallest absolute Gasteiger partial charge is 0.222 e. The fourth-order valence-corrected chi connectivity index (χ4v) is 1.18. The van der Waals surface area contributed by atoms with Crippen molar-refractivity contribution in [1.29, 1.82) is 0 Å². The van der Waals surface area contributed by atoms with Gasteiger partial charge in [-0.05, 0) is 41.5 Å². The number of hydrogen-bond acceptors (Lipinski definition) is 2. The lowest BCUT2D eigenvalue weighted by atomic mass is 10.1. The number of rotatable bonds is 3. The zero-order chi connectivity index (χ0) is 13.7. The molecular weight excluding hydrogens is 216 g/mol. The molecule has 0 heterocycles. The average molecular weight is 242 g/mol. The first kappa shape index (κ1) is 15.7. The van der Waals surface area contributed by atoms with Gasteiger partial charge in [-0.2, -0.15) is 0 Å². The Hall–Kier alpha value is -1.26. The molecule has 0 fully saturated rings. The summed E-state index contributed by atoms with van der Waals surface area (Å²) in [4.78, 5) is 15.6. The van der Waals surface area contributed by atoms with E-state index in [4.69, 9.17) is 5.73 Å². The molecule has 0 aromatic carbocycles. The molecule has 0 spiro atoms. The highest BCUT2D eigenvalue weighted by Crippen LogP contribution is 1.99. The van der Waals surface area contributed by atoms with Crippen molar-refractivity contribution in [1.82, 2.24) is 10.6 Å². The predicted molar refractivity (Wildman–Crippen MR) is 71.9 cm³/mol. The molecule has 0 atom stereocenters. The Labute approximate surface area is 104 Å². The van der Waals surface area contributed by atoms with Gasteiger partial charge >= 0.3 is 0 Å². The standard InChI is InChI=1S/C12H26N4O/c1-11(2,3)15-9(17)7-8-14-10(13)16-12(4,5)6/h7-8H2,1-6H3,(H,15,17)(H3,13,14,16). The van der Waals surface area contributed by atoms with Crippen LogP contribution in [-0.2, 0) is 4.79 Å². The van der Waals surface area contributed by atoms with Crippen LogP contribution >= 0.6 is 0 Å². The minimum absolute atomic E-state index is 0.00944. The molecule has 0 saturated carbocycles. The summed E-state index contributed by atoms with van der Waals surface area (Å²) < 4.78 is 0. The summed E-state index contributed by atoms with van der Waals surface area (Å²) in [5.41, 5.74) is 5.37.